The lowest BCUT2D eigenvalue weighted by Gasteiger charge is -2.18. The lowest BCUT2D eigenvalue weighted by Crippen LogP contribution is -2.30. The monoisotopic (exact) mass is 927 g/mol. The van der Waals surface area contributed by atoms with Gasteiger partial charge < -0.3 is 14.2 Å². The van der Waals surface area contributed by atoms with E-state index in [2.05, 4.69) is 142 Å². The Bertz CT molecular complexity index is 1440. The molecule has 0 saturated carbocycles. The number of ether oxygens (including phenoxy) is 3. The maximum absolute atomic E-state index is 12.8. The third kappa shape index (κ3) is 52.6. The molecule has 0 bridgehead atoms. The number of allylic oxidation sites excluding steroid dienone is 20. The Labute approximate surface area is 412 Å². The van der Waals surface area contributed by atoms with Crippen molar-refractivity contribution in [3.8, 4) is 0 Å². The summed E-state index contributed by atoms with van der Waals surface area (Å²) >= 11 is 0. The zero-order chi connectivity index (χ0) is 48.6. The smallest absolute Gasteiger partial charge is 0.306 e. The van der Waals surface area contributed by atoms with Crippen LogP contribution in [0.5, 0.6) is 0 Å². The first-order valence-electron chi connectivity index (χ1n) is 27.0. The van der Waals surface area contributed by atoms with Crippen molar-refractivity contribution in [3.63, 3.8) is 0 Å². The minimum absolute atomic E-state index is 0.0952. The average Bonchev–Trinajstić information content (AvgIpc) is 3.33. The summed E-state index contributed by atoms with van der Waals surface area (Å²) in [5.41, 5.74) is 0. The Balaban J connectivity index is 4.34. The van der Waals surface area contributed by atoms with Crippen LogP contribution in [0.1, 0.15) is 226 Å². The fourth-order valence-corrected chi connectivity index (χ4v) is 6.96. The zero-order valence-electron chi connectivity index (χ0n) is 43.1. The fourth-order valence-electron chi connectivity index (χ4n) is 6.96. The second-order valence-corrected chi connectivity index (χ2v) is 17.4. The van der Waals surface area contributed by atoms with Crippen LogP contribution >= 0.6 is 0 Å². The normalized spacial score (nSPS) is 13.1. The van der Waals surface area contributed by atoms with E-state index in [0.717, 1.165) is 161 Å². The minimum atomic E-state index is -0.797. The molecule has 0 aromatic carbocycles. The van der Waals surface area contributed by atoms with Crippen molar-refractivity contribution in [2.75, 3.05) is 13.2 Å². The molecule has 0 aliphatic heterocycles. The van der Waals surface area contributed by atoms with Crippen LogP contribution in [0.2, 0.25) is 0 Å². The van der Waals surface area contributed by atoms with E-state index in [9.17, 15) is 14.4 Å². The number of carbonyl (C=O) groups excluding carboxylic acids is 3. The SMILES string of the molecule is CC/C=C\C/C=C\C/C=C\C/C=C\C/C=C\CCCCCCCC(=O)OCC(COC(=O)CCCCCCCCC)OC(=O)CCCCCCC/C=C\C/C=C\C/C=C\C/C=C\C/C=C\CC. The molecule has 0 saturated heterocycles. The van der Waals surface area contributed by atoms with Gasteiger partial charge in [0, 0.05) is 19.3 Å². The van der Waals surface area contributed by atoms with Crippen LogP contribution < -0.4 is 0 Å². The minimum Gasteiger partial charge on any atom is -0.462 e. The van der Waals surface area contributed by atoms with E-state index in [1.165, 1.54) is 25.7 Å². The summed E-state index contributed by atoms with van der Waals surface area (Å²) < 4.78 is 16.7. The molecule has 0 aromatic heterocycles. The quantitative estimate of drug-likeness (QED) is 0.0262. The van der Waals surface area contributed by atoms with Crippen LogP contribution in [0, 0.1) is 0 Å². The molecule has 0 N–H and O–H groups in total. The second-order valence-electron chi connectivity index (χ2n) is 17.4. The molecule has 6 heteroatoms. The summed E-state index contributed by atoms with van der Waals surface area (Å²) in [6.45, 7) is 6.32. The van der Waals surface area contributed by atoms with Crippen molar-refractivity contribution in [2.24, 2.45) is 0 Å². The molecule has 0 rings (SSSR count). The van der Waals surface area contributed by atoms with Crippen LogP contribution in [0.25, 0.3) is 0 Å². The van der Waals surface area contributed by atoms with E-state index in [0.29, 0.717) is 19.3 Å². The lowest BCUT2D eigenvalue weighted by molar-refractivity contribution is -0.167. The van der Waals surface area contributed by atoms with E-state index in [4.69, 9.17) is 14.2 Å². The van der Waals surface area contributed by atoms with Gasteiger partial charge in [-0.2, -0.15) is 0 Å². The molecule has 1 atom stereocenters. The van der Waals surface area contributed by atoms with E-state index in [1.807, 2.05) is 0 Å². The Hall–Kier alpha value is -4.19. The highest BCUT2D eigenvalue weighted by atomic mass is 16.6. The fraction of sp³-hybridized carbons (Fsp3) is 0.623. The van der Waals surface area contributed by atoms with Crippen molar-refractivity contribution < 1.29 is 28.6 Å². The Morgan fingerprint density at radius 1 is 0.313 bits per heavy atom. The van der Waals surface area contributed by atoms with Crippen LogP contribution in [-0.2, 0) is 28.6 Å². The predicted molar refractivity (Wildman–Crippen MR) is 288 cm³/mol. The summed E-state index contributed by atoms with van der Waals surface area (Å²) in [5, 5.41) is 0. The molecular weight excluding hydrogens is 829 g/mol. The summed E-state index contributed by atoms with van der Waals surface area (Å²) in [6.07, 6.45) is 74.8. The molecule has 0 heterocycles. The molecule has 378 valence electrons. The van der Waals surface area contributed by atoms with Crippen molar-refractivity contribution in [2.45, 2.75) is 232 Å². The van der Waals surface area contributed by atoms with Crippen molar-refractivity contribution >= 4 is 17.9 Å². The van der Waals surface area contributed by atoms with E-state index in [1.54, 1.807) is 0 Å². The first-order chi connectivity index (χ1) is 33.0. The van der Waals surface area contributed by atoms with Crippen LogP contribution in [0.3, 0.4) is 0 Å². The summed E-state index contributed by atoms with van der Waals surface area (Å²) in [5.74, 6) is -0.946. The zero-order valence-corrected chi connectivity index (χ0v) is 43.1. The number of rotatable bonds is 47. The molecule has 0 amide bonds. The number of hydrogen-bond acceptors (Lipinski definition) is 6. The Morgan fingerprint density at radius 2 is 0.582 bits per heavy atom. The molecule has 0 aliphatic rings. The van der Waals surface area contributed by atoms with Crippen LogP contribution in [0.15, 0.2) is 122 Å². The molecule has 0 aliphatic carbocycles. The molecular formula is C61H98O6. The molecule has 0 fully saturated rings. The van der Waals surface area contributed by atoms with Gasteiger partial charge >= 0.3 is 17.9 Å². The molecule has 6 nitrogen and oxygen atoms in total. The largest absolute Gasteiger partial charge is 0.462 e. The van der Waals surface area contributed by atoms with E-state index >= 15 is 0 Å². The van der Waals surface area contributed by atoms with Gasteiger partial charge in [-0.3, -0.25) is 14.4 Å². The number of carbonyl (C=O) groups is 3. The molecule has 0 aromatic rings. The summed E-state index contributed by atoms with van der Waals surface area (Å²) in [6, 6.07) is 0. The maximum atomic E-state index is 12.8. The van der Waals surface area contributed by atoms with E-state index in [-0.39, 0.29) is 31.1 Å². The van der Waals surface area contributed by atoms with Crippen molar-refractivity contribution in [3.05, 3.63) is 122 Å². The summed E-state index contributed by atoms with van der Waals surface area (Å²) in [7, 11) is 0. The van der Waals surface area contributed by atoms with Gasteiger partial charge in [-0.15, -0.1) is 0 Å². The van der Waals surface area contributed by atoms with E-state index < -0.39 is 6.10 Å². The highest BCUT2D eigenvalue weighted by Crippen LogP contribution is 2.13. The van der Waals surface area contributed by atoms with Crippen LogP contribution in [0.4, 0.5) is 0 Å². The lowest BCUT2D eigenvalue weighted by atomic mass is 10.1. The Morgan fingerprint density at radius 3 is 0.910 bits per heavy atom. The van der Waals surface area contributed by atoms with Gasteiger partial charge in [0.25, 0.3) is 0 Å². The van der Waals surface area contributed by atoms with Gasteiger partial charge in [0.05, 0.1) is 0 Å². The van der Waals surface area contributed by atoms with Gasteiger partial charge in [-0.05, 0) is 109 Å². The predicted octanol–water partition coefficient (Wildman–Crippen LogP) is 18.1. The first-order valence-corrected chi connectivity index (χ1v) is 27.0. The molecule has 0 spiro atoms. The third-order valence-electron chi connectivity index (χ3n) is 11.0. The standard InChI is InChI=1S/C61H98O6/c1-4-7-10-13-16-18-20-22-24-26-28-30-32-34-36-38-40-42-45-48-51-54-60(63)66-57-58(56-65-59(62)53-50-47-44-15-12-9-6-3)67-61(64)55-52-49-46-43-41-39-37-35-33-31-29-27-25-23-21-19-17-14-11-8-5-2/h7-8,10-11,16-19,22-25,28-31,34-37,58H,4-6,9,12-15,20-21,26-27,32-33,38-57H2,1-3H3/b10-7-,11-8-,18-16-,19-17-,24-22-,25-23-,30-28-,31-29-,36-34-,37-35-. The van der Waals surface area contributed by atoms with Gasteiger partial charge in [-0.1, -0.05) is 219 Å². The second kappa shape index (κ2) is 54.4. The summed E-state index contributed by atoms with van der Waals surface area (Å²) in [4.78, 5) is 37.9. The Kier molecular flexibility index (Phi) is 51.0. The van der Waals surface area contributed by atoms with Gasteiger partial charge in [0.2, 0.25) is 0 Å². The molecule has 0 radical (unpaired) electrons. The van der Waals surface area contributed by atoms with Gasteiger partial charge in [0.1, 0.15) is 13.2 Å². The highest BCUT2D eigenvalue weighted by molar-refractivity contribution is 5.71. The van der Waals surface area contributed by atoms with Crippen molar-refractivity contribution in [1.82, 2.24) is 0 Å². The van der Waals surface area contributed by atoms with Crippen molar-refractivity contribution in [1.29, 1.82) is 0 Å². The number of esters is 3. The average molecular weight is 927 g/mol. The number of unbranched alkanes of at least 4 members (excludes halogenated alkanes) is 16. The molecule has 67 heavy (non-hydrogen) atoms. The topological polar surface area (TPSA) is 78.9 Å². The highest BCUT2D eigenvalue weighted by Gasteiger charge is 2.19. The number of hydrogen-bond donors (Lipinski definition) is 0. The van der Waals surface area contributed by atoms with Crippen LogP contribution in [-0.4, -0.2) is 37.2 Å². The molecule has 1 unspecified atom stereocenters. The maximum Gasteiger partial charge on any atom is 0.306 e. The first kappa shape index (κ1) is 62.8. The van der Waals surface area contributed by atoms with Gasteiger partial charge in [0.15, 0.2) is 6.10 Å². The van der Waals surface area contributed by atoms with Gasteiger partial charge in [-0.25, -0.2) is 0 Å². The third-order valence-corrected chi connectivity index (χ3v) is 11.0.